The molecule has 2 aromatic rings. The van der Waals surface area contributed by atoms with Crippen LogP contribution in [-0.4, -0.2) is 23.5 Å². The SMILES string of the molecule is O=C(NC[C@H]1CCCc2ccccc21)c1ccnc(NC2CC2)c1. The zero-order valence-electron chi connectivity index (χ0n) is 13.8. The summed E-state index contributed by atoms with van der Waals surface area (Å²) in [6.07, 6.45) is 7.58. The number of amides is 1. The normalized spacial score (nSPS) is 19.4. The molecule has 0 spiro atoms. The number of rotatable bonds is 5. The van der Waals surface area contributed by atoms with Crippen LogP contribution < -0.4 is 10.6 Å². The second-order valence-electron chi connectivity index (χ2n) is 6.85. The fourth-order valence-corrected chi connectivity index (χ4v) is 3.47. The van der Waals surface area contributed by atoms with E-state index in [4.69, 9.17) is 0 Å². The Labute approximate surface area is 142 Å². The minimum atomic E-state index is -0.0145. The van der Waals surface area contributed by atoms with Crippen molar-refractivity contribution < 1.29 is 4.79 Å². The number of nitrogens with zero attached hydrogens (tertiary/aromatic N) is 1. The van der Waals surface area contributed by atoms with Gasteiger partial charge in [-0.15, -0.1) is 0 Å². The number of fused-ring (bicyclic) bond motifs is 1. The molecule has 1 heterocycles. The van der Waals surface area contributed by atoms with Gasteiger partial charge in [0.2, 0.25) is 0 Å². The first kappa shape index (κ1) is 15.2. The molecule has 1 aromatic heterocycles. The predicted molar refractivity (Wildman–Crippen MR) is 95.3 cm³/mol. The highest BCUT2D eigenvalue weighted by molar-refractivity contribution is 5.94. The van der Waals surface area contributed by atoms with E-state index in [0.717, 1.165) is 18.7 Å². The number of benzene rings is 1. The van der Waals surface area contributed by atoms with Crippen LogP contribution in [0.15, 0.2) is 42.6 Å². The summed E-state index contributed by atoms with van der Waals surface area (Å²) < 4.78 is 0. The molecule has 0 unspecified atom stereocenters. The molecule has 1 atom stereocenters. The van der Waals surface area contributed by atoms with Crippen molar-refractivity contribution in [3.63, 3.8) is 0 Å². The minimum Gasteiger partial charge on any atom is -0.367 e. The van der Waals surface area contributed by atoms with Crippen LogP contribution in [0.4, 0.5) is 5.82 Å². The Morgan fingerprint density at radius 3 is 2.92 bits per heavy atom. The Balaban J connectivity index is 1.40. The molecule has 1 aromatic carbocycles. The molecular formula is C20H23N3O. The lowest BCUT2D eigenvalue weighted by atomic mass is 9.83. The van der Waals surface area contributed by atoms with Gasteiger partial charge in [0.1, 0.15) is 5.82 Å². The van der Waals surface area contributed by atoms with Gasteiger partial charge in [0.15, 0.2) is 0 Å². The summed E-state index contributed by atoms with van der Waals surface area (Å²) in [5.41, 5.74) is 3.51. The lowest BCUT2D eigenvalue weighted by Crippen LogP contribution is -2.30. The molecule has 0 bridgehead atoms. The number of pyridine rings is 1. The molecule has 124 valence electrons. The van der Waals surface area contributed by atoms with Gasteiger partial charge in [-0.2, -0.15) is 0 Å². The molecule has 24 heavy (non-hydrogen) atoms. The maximum atomic E-state index is 12.5. The van der Waals surface area contributed by atoms with Gasteiger partial charge in [0, 0.05) is 30.3 Å². The lowest BCUT2D eigenvalue weighted by Gasteiger charge is -2.25. The summed E-state index contributed by atoms with van der Waals surface area (Å²) in [5.74, 6) is 1.21. The average Bonchev–Trinajstić information content (AvgIpc) is 3.44. The van der Waals surface area contributed by atoms with Gasteiger partial charge in [-0.25, -0.2) is 4.98 Å². The number of carbonyl (C=O) groups is 1. The van der Waals surface area contributed by atoms with Gasteiger partial charge in [0.25, 0.3) is 5.91 Å². The van der Waals surface area contributed by atoms with Crippen molar-refractivity contribution in [1.29, 1.82) is 0 Å². The Bertz CT molecular complexity index is 739. The van der Waals surface area contributed by atoms with Gasteiger partial charge in [-0.05, 0) is 55.4 Å². The number of nitrogens with one attached hydrogen (secondary N) is 2. The molecule has 4 nitrogen and oxygen atoms in total. The lowest BCUT2D eigenvalue weighted by molar-refractivity contribution is 0.0950. The second kappa shape index (κ2) is 6.63. The molecule has 1 fully saturated rings. The fraction of sp³-hybridized carbons (Fsp3) is 0.400. The van der Waals surface area contributed by atoms with Crippen LogP contribution in [0, 0.1) is 0 Å². The molecule has 2 aliphatic rings. The van der Waals surface area contributed by atoms with Gasteiger partial charge in [-0.3, -0.25) is 4.79 Å². The van der Waals surface area contributed by atoms with Crippen LogP contribution >= 0.6 is 0 Å². The number of anilines is 1. The van der Waals surface area contributed by atoms with Crippen molar-refractivity contribution >= 4 is 11.7 Å². The van der Waals surface area contributed by atoms with E-state index < -0.39 is 0 Å². The van der Waals surface area contributed by atoms with Crippen molar-refractivity contribution in [2.45, 2.75) is 44.1 Å². The van der Waals surface area contributed by atoms with Crippen molar-refractivity contribution in [3.05, 3.63) is 59.3 Å². The molecule has 2 N–H and O–H groups in total. The van der Waals surface area contributed by atoms with E-state index in [2.05, 4.69) is 39.9 Å². The van der Waals surface area contributed by atoms with Gasteiger partial charge >= 0.3 is 0 Å². The quantitative estimate of drug-likeness (QED) is 0.886. The van der Waals surface area contributed by atoms with Crippen LogP contribution in [0.1, 0.15) is 53.1 Å². The topological polar surface area (TPSA) is 54.0 Å². The standard InChI is InChI=1S/C20H23N3O/c24-20(15-10-11-21-19(12-15)23-17-8-9-17)22-13-16-6-3-5-14-4-1-2-7-18(14)16/h1-2,4,7,10-12,16-17H,3,5-6,8-9,13H2,(H,21,23)(H,22,24)/t16-/m1/s1. The van der Waals surface area contributed by atoms with Crippen LogP contribution in [0.5, 0.6) is 0 Å². The number of carbonyl (C=O) groups excluding carboxylic acids is 1. The molecule has 1 saturated carbocycles. The molecule has 4 heteroatoms. The Hall–Kier alpha value is -2.36. The summed E-state index contributed by atoms with van der Waals surface area (Å²) in [6.45, 7) is 0.698. The molecular weight excluding hydrogens is 298 g/mol. The minimum absolute atomic E-state index is 0.0145. The largest absolute Gasteiger partial charge is 0.367 e. The monoisotopic (exact) mass is 321 g/mol. The Kier molecular flexibility index (Phi) is 4.20. The summed E-state index contributed by atoms with van der Waals surface area (Å²) >= 11 is 0. The van der Waals surface area contributed by atoms with E-state index in [1.54, 1.807) is 12.3 Å². The number of hydrogen-bond acceptors (Lipinski definition) is 3. The van der Waals surface area contributed by atoms with Crippen molar-refractivity contribution in [2.75, 3.05) is 11.9 Å². The highest BCUT2D eigenvalue weighted by Crippen LogP contribution is 2.31. The van der Waals surface area contributed by atoms with Crippen LogP contribution in [0.3, 0.4) is 0 Å². The fourth-order valence-electron chi connectivity index (χ4n) is 3.47. The first-order valence-electron chi connectivity index (χ1n) is 8.88. The summed E-state index contributed by atoms with van der Waals surface area (Å²) in [5, 5.41) is 6.45. The highest BCUT2D eigenvalue weighted by atomic mass is 16.1. The van der Waals surface area contributed by atoms with E-state index in [1.807, 2.05) is 6.07 Å². The molecule has 1 amide bonds. The number of aromatic nitrogens is 1. The maximum absolute atomic E-state index is 12.5. The first-order valence-corrected chi connectivity index (χ1v) is 8.88. The average molecular weight is 321 g/mol. The zero-order valence-corrected chi connectivity index (χ0v) is 13.8. The summed E-state index contributed by atoms with van der Waals surface area (Å²) in [6, 6.07) is 12.8. The number of hydrogen-bond donors (Lipinski definition) is 2. The molecule has 0 saturated heterocycles. The maximum Gasteiger partial charge on any atom is 0.251 e. The van der Waals surface area contributed by atoms with Crippen LogP contribution in [0.25, 0.3) is 0 Å². The van der Waals surface area contributed by atoms with Crippen LogP contribution in [-0.2, 0) is 6.42 Å². The van der Waals surface area contributed by atoms with E-state index >= 15 is 0 Å². The number of aryl methyl sites for hydroxylation is 1. The van der Waals surface area contributed by atoms with Crippen molar-refractivity contribution in [3.8, 4) is 0 Å². The van der Waals surface area contributed by atoms with Gasteiger partial charge in [-0.1, -0.05) is 24.3 Å². The van der Waals surface area contributed by atoms with E-state index in [9.17, 15) is 4.79 Å². The van der Waals surface area contributed by atoms with E-state index in [0.29, 0.717) is 24.1 Å². The zero-order chi connectivity index (χ0) is 16.4. The molecule has 0 aliphatic heterocycles. The van der Waals surface area contributed by atoms with Crippen molar-refractivity contribution in [2.24, 2.45) is 0 Å². The van der Waals surface area contributed by atoms with E-state index in [-0.39, 0.29) is 5.91 Å². The summed E-state index contributed by atoms with van der Waals surface area (Å²) in [7, 11) is 0. The van der Waals surface area contributed by atoms with Gasteiger partial charge < -0.3 is 10.6 Å². The smallest absolute Gasteiger partial charge is 0.251 e. The van der Waals surface area contributed by atoms with E-state index in [1.165, 1.54) is 30.4 Å². The van der Waals surface area contributed by atoms with Crippen molar-refractivity contribution in [1.82, 2.24) is 10.3 Å². The Morgan fingerprint density at radius 1 is 1.17 bits per heavy atom. The molecule has 2 aliphatic carbocycles. The van der Waals surface area contributed by atoms with Crippen LogP contribution in [0.2, 0.25) is 0 Å². The highest BCUT2D eigenvalue weighted by Gasteiger charge is 2.22. The third-order valence-corrected chi connectivity index (χ3v) is 4.95. The Morgan fingerprint density at radius 2 is 2.04 bits per heavy atom. The third-order valence-electron chi connectivity index (χ3n) is 4.95. The third kappa shape index (κ3) is 3.42. The first-order chi connectivity index (χ1) is 11.8. The molecule has 4 rings (SSSR count). The summed E-state index contributed by atoms with van der Waals surface area (Å²) in [4.78, 5) is 16.8. The second-order valence-corrected chi connectivity index (χ2v) is 6.85. The predicted octanol–water partition coefficient (Wildman–Crippen LogP) is 3.51. The van der Waals surface area contributed by atoms with Gasteiger partial charge in [0.05, 0.1) is 0 Å². The molecule has 0 radical (unpaired) electrons.